The molecule has 0 aliphatic carbocycles. The van der Waals surface area contributed by atoms with Crippen molar-refractivity contribution in [1.82, 2.24) is 24.4 Å². The first-order valence-corrected chi connectivity index (χ1v) is 20.1. The molecule has 0 spiro atoms. The molecule has 5 aromatic rings. The van der Waals surface area contributed by atoms with E-state index in [4.69, 9.17) is 19.4 Å². The predicted molar refractivity (Wildman–Crippen MR) is 212 cm³/mol. The molecule has 0 bridgehead atoms. The Bertz CT molecular complexity index is 2220. The van der Waals surface area contributed by atoms with Crippen molar-refractivity contribution in [2.75, 3.05) is 43.0 Å². The van der Waals surface area contributed by atoms with Crippen LogP contribution < -0.4 is 10.2 Å². The summed E-state index contributed by atoms with van der Waals surface area (Å²) in [7, 11) is 0. The first-order valence-electron chi connectivity index (χ1n) is 20.1. The van der Waals surface area contributed by atoms with Crippen molar-refractivity contribution in [3.05, 3.63) is 114 Å². The molecule has 316 valence electrons. The number of alkyl halides is 3. The summed E-state index contributed by atoms with van der Waals surface area (Å²) >= 11 is 0. The number of aliphatic hydroxyl groups is 3. The highest BCUT2D eigenvalue weighted by atomic mass is 19.4. The zero-order valence-electron chi connectivity index (χ0n) is 32.6. The number of imidazole rings is 1. The molecule has 3 fully saturated rings. The number of esters is 1. The van der Waals surface area contributed by atoms with Gasteiger partial charge in [0.1, 0.15) is 18.3 Å². The molecule has 0 radical (unpaired) electrons. The highest BCUT2D eigenvalue weighted by Crippen LogP contribution is 2.41. The van der Waals surface area contributed by atoms with Gasteiger partial charge in [-0.2, -0.15) is 23.1 Å². The number of piperidine rings is 1. The number of carbonyl (C=O) groups excluding carboxylic acids is 2. The maximum atomic E-state index is 14.7. The lowest BCUT2D eigenvalue weighted by Crippen LogP contribution is -2.61. The smallest absolute Gasteiger partial charge is 0.422 e. The topological polar surface area (TPSA) is 175 Å². The van der Waals surface area contributed by atoms with Crippen LogP contribution in [-0.2, 0) is 25.5 Å². The van der Waals surface area contributed by atoms with E-state index >= 15 is 0 Å². The largest absolute Gasteiger partial charge is 0.491 e. The number of nitrogens with zero attached hydrogens (tertiary/aromatic N) is 6. The highest BCUT2D eigenvalue weighted by Gasteiger charge is 2.58. The van der Waals surface area contributed by atoms with E-state index in [1.54, 1.807) is 0 Å². The molecule has 2 aromatic heterocycles. The molecule has 3 aliphatic rings. The average molecular weight is 830 g/mol. The molecule has 4 N–H and O–H groups in total. The fourth-order valence-electron chi connectivity index (χ4n) is 8.61. The molecule has 1 amide bonds. The van der Waals surface area contributed by atoms with Crippen molar-refractivity contribution in [1.29, 1.82) is 0 Å². The van der Waals surface area contributed by atoms with E-state index in [2.05, 4.69) is 10.3 Å². The van der Waals surface area contributed by atoms with Crippen molar-refractivity contribution in [3.8, 4) is 0 Å². The second-order valence-corrected chi connectivity index (χ2v) is 15.5. The van der Waals surface area contributed by atoms with E-state index < -0.39 is 54.9 Å². The zero-order chi connectivity index (χ0) is 42.0. The zero-order valence-corrected chi connectivity index (χ0v) is 32.6. The second kappa shape index (κ2) is 17.2. The lowest BCUT2D eigenvalue weighted by Gasteiger charge is -2.42. The number of aliphatic hydroxyl groups excluding tert-OH is 3. The Kier molecular flexibility index (Phi) is 11.8. The summed E-state index contributed by atoms with van der Waals surface area (Å²) in [4.78, 5) is 44.2. The molecule has 0 unspecified atom stereocenters. The molecule has 5 atom stereocenters. The number of benzene rings is 3. The van der Waals surface area contributed by atoms with E-state index in [1.165, 1.54) is 20.7 Å². The SMILES string of the molecule is O=C(O[C@]1(C(=O)N2CCC(Cc3ccccc3)CC2)CCCN1c1nc(NCC(c2ccccc2)c2ccccc2)c2ncn([C@@H]3O[C@H](CO)[C@@H](O)[C@H]3O)c2n1)C(F)(F)F. The van der Waals surface area contributed by atoms with E-state index in [-0.39, 0.29) is 73.8 Å². The van der Waals surface area contributed by atoms with Crippen LogP contribution in [0.2, 0.25) is 0 Å². The van der Waals surface area contributed by atoms with Gasteiger partial charge in [0.2, 0.25) is 5.95 Å². The van der Waals surface area contributed by atoms with E-state index in [0.29, 0.717) is 12.8 Å². The van der Waals surface area contributed by atoms with Gasteiger partial charge >= 0.3 is 12.1 Å². The van der Waals surface area contributed by atoms with Gasteiger partial charge in [-0.05, 0) is 48.3 Å². The van der Waals surface area contributed by atoms with Gasteiger partial charge in [0.05, 0.1) is 12.9 Å². The summed E-state index contributed by atoms with van der Waals surface area (Å²) in [5, 5.41) is 34.9. The number of aromatic nitrogens is 4. The monoisotopic (exact) mass is 829 g/mol. The summed E-state index contributed by atoms with van der Waals surface area (Å²) in [6, 6.07) is 29.4. The molecule has 3 aromatic carbocycles. The summed E-state index contributed by atoms with van der Waals surface area (Å²) in [6.45, 7) is 0.0820. The van der Waals surface area contributed by atoms with Gasteiger partial charge in [0, 0.05) is 38.5 Å². The van der Waals surface area contributed by atoms with Crippen LogP contribution in [0.1, 0.15) is 54.5 Å². The number of nitrogens with one attached hydrogen (secondary N) is 1. The Morgan fingerprint density at radius 2 is 1.53 bits per heavy atom. The van der Waals surface area contributed by atoms with Crippen molar-refractivity contribution in [2.24, 2.45) is 5.92 Å². The van der Waals surface area contributed by atoms with E-state index in [0.717, 1.165) is 23.1 Å². The third-order valence-electron chi connectivity index (χ3n) is 11.7. The van der Waals surface area contributed by atoms with Gasteiger partial charge in [-0.3, -0.25) is 14.3 Å². The molecular formula is C43H46F3N7O7. The summed E-state index contributed by atoms with van der Waals surface area (Å²) in [5.41, 5.74) is 0.869. The number of hydrogen-bond acceptors (Lipinski definition) is 12. The number of carbonyl (C=O) groups is 2. The van der Waals surface area contributed by atoms with Crippen LogP contribution in [0.3, 0.4) is 0 Å². The molecule has 3 aliphatic heterocycles. The maximum Gasteiger partial charge on any atom is 0.491 e. The lowest BCUT2D eigenvalue weighted by atomic mass is 9.89. The van der Waals surface area contributed by atoms with Crippen LogP contribution in [0.15, 0.2) is 97.3 Å². The Labute approximate surface area is 343 Å². The fraction of sp³-hybridized carbons (Fsp3) is 0.419. The Morgan fingerprint density at radius 3 is 2.13 bits per heavy atom. The number of amides is 1. The second-order valence-electron chi connectivity index (χ2n) is 15.5. The van der Waals surface area contributed by atoms with Gasteiger partial charge in [-0.15, -0.1) is 0 Å². The quantitative estimate of drug-likeness (QED) is 0.129. The van der Waals surface area contributed by atoms with Crippen LogP contribution in [0.4, 0.5) is 24.9 Å². The standard InChI is InChI=1S/C43H46F3N7O7/c44-43(45,46)40(58)60-42(39(57)51-21-17-28(18-22-51)23-27-11-4-1-5-12-27)19-10-20-53(42)41-49-36(47-24-31(29-13-6-2-7-14-29)30-15-8-3-9-16-30)33-37(50-41)52(26-48-33)38-35(56)34(55)32(25-54)59-38/h1-9,11-16,26,28,31-32,34-35,38,54-56H,10,17-25H2,(H,47,49,50)/t32-,34-,35-,38-,42+/m1/s1. The number of rotatable bonds is 12. The fourth-order valence-corrected chi connectivity index (χ4v) is 8.61. The van der Waals surface area contributed by atoms with E-state index in [9.17, 15) is 38.1 Å². The van der Waals surface area contributed by atoms with Crippen LogP contribution in [0.25, 0.3) is 11.2 Å². The number of anilines is 2. The number of halogens is 3. The molecule has 0 saturated carbocycles. The minimum Gasteiger partial charge on any atom is -0.422 e. The first kappa shape index (κ1) is 41.1. The number of fused-ring (bicyclic) bond motifs is 1. The minimum atomic E-state index is -5.41. The average Bonchev–Trinajstić information content (AvgIpc) is 3.97. The van der Waals surface area contributed by atoms with Crippen LogP contribution in [0.5, 0.6) is 0 Å². The Morgan fingerprint density at radius 1 is 0.900 bits per heavy atom. The van der Waals surface area contributed by atoms with Crippen molar-refractivity contribution in [2.45, 2.75) is 74.5 Å². The molecular weight excluding hydrogens is 784 g/mol. The summed E-state index contributed by atoms with van der Waals surface area (Å²) in [5.74, 6) is -3.42. The predicted octanol–water partition coefficient (Wildman–Crippen LogP) is 4.57. The summed E-state index contributed by atoms with van der Waals surface area (Å²) in [6.07, 6.45) is -7.66. The van der Waals surface area contributed by atoms with Crippen LogP contribution in [-0.4, -0.2) is 115 Å². The molecule has 60 heavy (non-hydrogen) atoms. The van der Waals surface area contributed by atoms with E-state index in [1.807, 2.05) is 91.0 Å². The van der Waals surface area contributed by atoms with Gasteiger partial charge in [-0.25, -0.2) is 9.78 Å². The van der Waals surface area contributed by atoms with Crippen molar-refractivity contribution in [3.63, 3.8) is 0 Å². The number of hydrogen-bond donors (Lipinski definition) is 4. The van der Waals surface area contributed by atoms with Crippen LogP contribution in [0, 0.1) is 5.92 Å². The Balaban J connectivity index is 1.18. The van der Waals surface area contributed by atoms with Gasteiger partial charge in [0.15, 0.2) is 23.2 Å². The third kappa shape index (κ3) is 8.13. The highest BCUT2D eigenvalue weighted by molar-refractivity contribution is 5.93. The van der Waals surface area contributed by atoms with Crippen molar-refractivity contribution < 1.29 is 47.6 Å². The first-order chi connectivity index (χ1) is 29.0. The molecule has 5 heterocycles. The van der Waals surface area contributed by atoms with Gasteiger partial charge in [-0.1, -0.05) is 91.0 Å². The number of likely N-dealkylation sites (tertiary alicyclic amines) is 1. The van der Waals surface area contributed by atoms with Crippen molar-refractivity contribution >= 4 is 34.8 Å². The Hall–Kier alpha value is -5.62. The maximum absolute atomic E-state index is 14.7. The molecule has 14 nitrogen and oxygen atoms in total. The van der Waals surface area contributed by atoms with Crippen LogP contribution >= 0.6 is 0 Å². The molecule has 8 rings (SSSR count). The number of ether oxygens (including phenoxy) is 2. The lowest BCUT2D eigenvalue weighted by molar-refractivity contribution is -0.215. The van der Waals surface area contributed by atoms with Gasteiger partial charge in [0.25, 0.3) is 11.6 Å². The normalized spacial score (nSPS) is 23.7. The third-order valence-corrected chi connectivity index (χ3v) is 11.7. The molecule has 17 heteroatoms. The molecule has 3 saturated heterocycles. The van der Waals surface area contributed by atoms with Gasteiger partial charge < -0.3 is 35.0 Å². The minimum absolute atomic E-state index is 0.0328. The summed E-state index contributed by atoms with van der Waals surface area (Å²) < 4.78 is 54.7.